The molecule has 1 fully saturated rings. The minimum atomic E-state index is -0.0704. The number of hydrogen-bond acceptors (Lipinski definition) is 5. The molecule has 0 amide bonds. The Morgan fingerprint density at radius 2 is 1.90 bits per heavy atom. The molecule has 5 nitrogen and oxygen atoms in total. The van der Waals surface area contributed by atoms with E-state index in [9.17, 15) is 4.79 Å². The van der Waals surface area contributed by atoms with Crippen LogP contribution in [-0.2, 0) is 9.53 Å². The molecule has 1 saturated heterocycles. The molecule has 0 unspecified atom stereocenters. The highest BCUT2D eigenvalue weighted by atomic mass is 16.5. The number of carbonyl (C=O) groups is 1. The van der Waals surface area contributed by atoms with Crippen LogP contribution in [0.15, 0.2) is 54.6 Å². The van der Waals surface area contributed by atoms with Gasteiger partial charge in [0.25, 0.3) is 0 Å². The van der Waals surface area contributed by atoms with Gasteiger partial charge in [0.05, 0.1) is 25.2 Å². The number of methoxy groups -OCH3 is 1. The molecule has 1 aliphatic heterocycles. The van der Waals surface area contributed by atoms with E-state index in [1.54, 1.807) is 7.11 Å². The molecule has 0 atom stereocenters. The maximum atomic E-state index is 12.0. The lowest BCUT2D eigenvalue weighted by Crippen LogP contribution is -2.37. The van der Waals surface area contributed by atoms with Crippen molar-refractivity contribution in [2.24, 2.45) is 5.92 Å². The summed E-state index contributed by atoms with van der Waals surface area (Å²) < 4.78 is 10.6. The van der Waals surface area contributed by atoms with Gasteiger partial charge in [-0.05, 0) is 49.6 Å². The molecular weight excluding hydrogens is 364 g/mol. The molecule has 3 aromatic rings. The standard InChI is InChI=1S/C24H26N2O3/c1-3-29-24(27)18-12-14-26(15-13-18)22-11-10-17-6-5-9-21(23(17)25-22)19-7-4-8-20(16-19)28-2/h4-11,16,18H,3,12-15H2,1-2H3. The Labute approximate surface area is 171 Å². The van der Waals surface area contributed by atoms with Crippen molar-refractivity contribution >= 4 is 22.7 Å². The Morgan fingerprint density at radius 1 is 1.10 bits per heavy atom. The number of fused-ring (bicyclic) bond motifs is 1. The van der Waals surface area contributed by atoms with Crippen molar-refractivity contribution in [1.82, 2.24) is 4.98 Å². The summed E-state index contributed by atoms with van der Waals surface area (Å²) in [6.45, 7) is 3.91. The van der Waals surface area contributed by atoms with Crippen LogP contribution in [0.2, 0.25) is 0 Å². The average Bonchev–Trinajstić information content (AvgIpc) is 2.78. The van der Waals surface area contributed by atoms with Crippen LogP contribution in [0.1, 0.15) is 19.8 Å². The predicted octanol–water partition coefficient (Wildman–Crippen LogP) is 4.69. The Kier molecular flexibility index (Phi) is 5.65. The van der Waals surface area contributed by atoms with E-state index < -0.39 is 0 Å². The van der Waals surface area contributed by atoms with E-state index in [1.807, 2.05) is 25.1 Å². The fraction of sp³-hybridized carbons (Fsp3) is 0.333. The number of hydrogen-bond donors (Lipinski definition) is 0. The van der Waals surface area contributed by atoms with E-state index in [1.165, 1.54) is 0 Å². The quantitative estimate of drug-likeness (QED) is 0.592. The van der Waals surface area contributed by atoms with Crippen molar-refractivity contribution in [2.45, 2.75) is 19.8 Å². The number of pyridine rings is 1. The van der Waals surface area contributed by atoms with E-state index in [0.29, 0.717) is 6.61 Å². The highest BCUT2D eigenvalue weighted by Gasteiger charge is 2.26. The molecule has 2 aromatic carbocycles. The van der Waals surface area contributed by atoms with Gasteiger partial charge in [0.1, 0.15) is 11.6 Å². The molecule has 1 aliphatic rings. The summed E-state index contributed by atoms with van der Waals surface area (Å²) in [5.41, 5.74) is 3.15. The van der Waals surface area contributed by atoms with Gasteiger partial charge < -0.3 is 14.4 Å². The van der Waals surface area contributed by atoms with Gasteiger partial charge >= 0.3 is 5.97 Å². The molecular formula is C24H26N2O3. The topological polar surface area (TPSA) is 51.7 Å². The molecule has 2 heterocycles. The van der Waals surface area contributed by atoms with Crippen LogP contribution in [0.4, 0.5) is 5.82 Å². The predicted molar refractivity (Wildman–Crippen MR) is 115 cm³/mol. The second kappa shape index (κ2) is 8.52. The number of rotatable bonds is 5. The van der Waals surface area contributed by atoms with Crippen molar-refractivity contribution in [1.29, 1.82) is 0 Å². The first-order chi connectivity index (χ1) is 14.2. The molecule has 0 aliphatic carbocycles. The summed E-state index contributed by atoms with van der Waals surface area (Å²) in [6.07, 6.45) is 1.60. The number of piperidine rings is 1. The molecule has 0 bridgehead atoms. The van der Waals surface area contributed by atoms with Crippen LogP contribution in [0, 0.1) is 5.92 Å². The van der Waals surface area contributed by atoms with Gasteiger partial charge in [0.15, 0.2) is 0 Å². The number of esters is 1. The number of nitrogens with zero attached hydrogens (tertiary/aromatic N) is 2. The zero-order chi connectivity index (χ0) is 20.2. The van der Waals surface area contributed by atoms with Crippen molar-refractivity contribution in [3.05, 3.63) is 54.6 Å². The molecule has 1 aromatic heterocycles. The van der Waals surface area contributed by atoms with Crippen molar-refractivity contribution in [3.63, 3.8) is 0 Å². The lowest BCUT2D eigenvalue weighted by Gasteiger charge is -2.31. The molecule has 29 heavy (non-hydrogen) atoms. The minimum Gasteiger partial charge on any atom is -0.497 e. The maximum Gasteiger partial charge on any atom is 0.309 e. The third kappa shape index (κ3) is 4.04. The van der Waals surface area contributed by atoms with Gasteiger partial charge in [0, 0.05) is 24.0 Å². The third-order valence-corrected chi connectivity index (χ3v) is 5.53. The van der Waals surface area contributed by atoms with Gasteiger partial charge in [-0.15, -0.1) is 0 Å². The van der Waals surface area contributed by atoms with E-state index in [4.69, 9.17) is 14.5 Å². The Morgan fingerprint density at radius 3 is 2.66 bits per heavy atom. The first-order valence-electron chi connectivity index (χ1n) is 10.2. The molecule has 0 radical (unpaired) electrons. The Hall–Kier alpha value is -3.08. The van der Waals surface area contributed by atoms with Gasteiger partial charge in [-0.3, -0.25) is 4.79 Å². The first kappa shape index (κ1) is 19.2. The highest BCUT2D eigenvalue weighted by Crippen LogP contribution is 2.32. The van der Waals surface area contributed by atoms with Gasteiger partial charge in [0.2, 0.25) is 0 Å². The molecule has 0 spiro atoms. The average molecular weight is 390 g/mol. The smallest absolute Gasteiger partial charge is 0.309 e. The van der Waals surface area contributed by atoms with E-state index in [2.05, 4.69) is 41.3 Å². The Balaban J connectivity index is 1.62. The third-order valence-electron chi connectivity index (χ3n) is 5.53. The van der Waals surface area contributed by atoms with Crippen LogP contribution in [-0.4, -0.2) is 37.8 Å². The van der Waals surface area contributed by atoms with Crippen molar-refractivity contribution in [3.8, 4) is 16.9 Å². The second-order valence-electron chi connectivity index (χ2n) is 7.29. The number of ether oxygens (including phenoxy) is 2. The fourth-order valence-corrected chi connectivity index (χ4v) is 3.94. The lowest BCUT2D eigenvalue weighted by atomic mass is 9.97. The van der Waals surface area contributed by atoms with Crippen LogP contribution >= 0.6 is 0 Å². The monoisotopic (exact) mass is 390 g/mol. The molecule has 4 rings (SSSR count). The number of anilines is 1. The van der Waals surface area contributed by atoms with Gasteiger partial charge in [-0.2, -0.15) is 0 Å². The SMILES string of the molecule is CCOC(=O)C1CCN(c2ccc3cccc(-c4cccc(OC)c4)c3n2)CC1. The largest absolute Gasteiger partial charge is 0.497 e. The number of aromatic nitrogens is 1. The van der Waals surface area contributed by atoms with E-state index in [-0.39, 0.29) is 11.9 Å². The number of carbonyl (C=O) groups excluding carboxylic acids is 1. The van der Waals surface area contributed by atoms with Crippen LogP contribution < -0.4 is 9.64 Å². The molecule has 5 heteroatoms. The summed E-state index contributed by atoms with van der Waals surface area (Å²) in [4.78, 5) is 19.3. The normalized spacial score (nSPS) is 14.8. The zero-order valence-electron chi connectivity index (χ0n) is 16.9. The van der Waals surface area contributed by atoms with Crippen LogP contribution in [0.25, 0.3) is 22.0 Å². The minimum absolute atomic E-state index is 0.000925. The summed E-state index contributed by atoms with van der Waals surface area (Å²) in [5, 5.41) is 1.11. The van der Waals surface area contributed by atoms with Crippen LogP contribution in [0.5, 0.6) is 5.75 Å². The highest BCUT2D eigenvalue weighted by molar-refractivity contribution is 5.94. The summed E-state index contributed by atoms with van der Waals surface area (Å²) in [5.74, 6) is 1.71. The molecule has 150 valence electrons. The maximum absolute atomic E-state index is 12.0. The molecule has 0 saturated carbocycles. The first-order valence-corrected chi connectivity index (χ1v) is 10.2. The van der Waals surface area contributed by atoms with Crippen LogP contribution in [0.3, 0.4) is 0 Å². The van der Waals surface area contributed by atoms with Crippen molar-refractivity contribution in [2.75, 3.05) is 31.7 Å². The summed E-state index contributed by atoms with van der Waals surface area (Å²) in [6, 6.07) is 18.5. The summed E-state index contributed by atoms with van der Waals surface area (Å²) >= 11 is 0. The van der Waals surface area contributed by atoms with E-state index in [0.717, 1.165) is 59.5 Å². The lowest BCUT2D eigenvalue weighted by molar-refractivity contribution is -0.148. The number of benzene rings is 2. The fourth-order valence-electron chi connectivity index (χ4n) is 3.94. The van der Waals surface area contributed by atoms with Crippen molar-refractivity contribution < 1.29 is 14.3 Å². The molecule has 0 N–H and O–H groups in total. The number of para-hydroxylation sites is 1. The summed E-state index contributed by atoms with van der Waals surface area (Å²) in [7, 11) is 1.68. The van der Waals surface area contributed by atoms with Gasteiger partial charge in [-0.1, -0.05) is 30.3 Å². The van der Waals surface area contributed by atoms with E-state index >= 15 is 0 Å². The second-order valence-corrected chi connectivity index (χ2v) is 7.29. The van der Waals surface area contributed by atoms with Gasteiger partial charge in [-0.25, -0.2) is 4.98 Å². The Bertz CT molecular complexity index is 1010. The zero-order valence-corrected chi connectivity index (χ0v) is 16.9.